The molecule has 0 saturated carbocycles. The second kappa shape index (κ2) is 13.3. The van der Waals surface area contributed by atoms with Crippen molar-refractivity contribution in [3.8, 4) is 39.9 Å². The molecular formula is C48H35N7. The number of rotatable bonds is 6. The predicted molar refractivity (Wildman–Crippen MR) is 226 cm³/mol. The molecule has 0 amide bonds. The minimum Gasteiger partial charge on any atom is -0.332 e. The van der Waals surface area contributed by atoms with E-state index in [-0.39, 0.29) is 6.04 Å². The van der Waals surface area contributed by atoms with Gasteiger partial charge in [0.25, 0.3) is 0 Å². The summed E-state index contributed by atoms with van der Waals surface area (Å²) in [5.74, 6) is 1.86. The van der Waals surface area contributed by atoms with Crippen molar-refractivity contribution in [1.82, 2.24) is 24.5 Å². The van der Waals surface area contributed by atoms with Gasteiger partial charge in [0.05, 0.1) is 29.0 Å². The fraction of sp³-hybridized carbons (Fsp3) is 0.0625. The fourth-order valence-electron chi connectivity index (χ4n) is 8.17. The number of fused-ring (bicyclic) bond motifs is 8. The lowest BCUT2D eigenvalue weighted by Gasteiger charge is -2.26. The maximum atomic E-state index is 5.07. The largest absolute Gasteiger partial charge is 0.332 e. The van der Waals surface area contributed by atoms with E-state index in [9.17, 15) is 0 Å². The van der Waals surface area contributed by atoms with Gasteiger partial charge in [-0.15, -0.1) is 0 Å². The van der Waals surface area contributed by atoms with Gasteiger partial charge in [-0.25, -0.2) is 15.0 Å². The molecule has 0 aliphatic carbocycles. The van der Waals surface area contributed by atoms with Crippen LogP contribution in [0.25, 0.3) is 78.0 Å². The number of aromatic nitrogens is 5. The van der Waals surface area contributed by atoms with Crippen molar-refractivity contribution < 1.29 is 0 Å². The number of nitrogens with zero attached hydrogens (tertiary/aromatic N) is 7. The van der Waals surface area contributed by atoms with Crippen molar-refractivity contribution in [2.24, 2.45) is 4.99 Å². The Labute approximate surface area is 318 Å². The average molecular weight is 710 g/mol. The third kappa shape index (κ3) is 5.31. The molecule has 4 heterocycles. The third-order valence-corrected chi connectivity index (χ3v) is 10.6. The highest BCUT2D eigenvalue weighted by Gasteiger charge is 2.37. The van der Waals surface area contributed by atoms with E-state index >= 15 is 0 Å². The van der Waals surface area contributed by atoms with Gasteiger partial charge in [-0.05, 0) is 59.7 Å². The molecule has 0 saturated heterocycles. The SMILES string of the molecule is CN=C/C=C1/c2c(c3c(c4ccccc24)c2ccncc2n3-c2cccc(-c3nc(-c4ccccc4)nc(-c4ccccc4)n3)c2)N(c2ccccc2)C1C. The predicted octanol–water partition coefficient (Wildman–Crippen LogP) is 11.1. The summed E-state index contributed by atoms with van der Waals surface area (Å²) in [5, 5.41) is 4.73. The van der Waals surface area contributed by atoms with Gasteiger partial charge < -0.3 is 9.47 Å². The van der Waals surface area contributed by atoms with Crippen molar-refractivity contribution in [3.05, 3.63) is 170 Å². The summed E-state index contributed by atoms with van der Waals surface area (Å²) in [6.07, 6.45) is 7.97. The molecule has 10 rings (SSSR count). The Morgan fingerprint density at radius 3 is 1.85 bits per heavy atom. The maximum absolute atomic E-state index is 5.07. The van der Waals surface area contributed by atoms with Crippen molar-refractivity contribution in [2.75, 3.05) is 11.9 Å². The van der Waals surface area contributed by atoms with Gasteiger partial charge >= 0.3 is 0 Å². The number of pyridine rings is 1. The van der Waals surface area contributed by atoms with Crippen LogP contribution in [0.1, 0.15) is 12.5 Å². The second-order valence-electron chi connectivity index (χ2n) is 13.7. The van der Waals surface area contributed by atoms with E-state index in [0.717, 1.165) is 50.2 Å². The first-order valence-corrected chi connectivity index (χ1v) is 18.5. The molecular weight excluding hydrogens is 675 g/mol. The monoisotopic (exact) mass is 709 g/mol. The Morgan fingerprint density at radius 2 is 1.18 bits per heavy atom. The van der Waals surface area contributed by atoms with Crippen LogP contribution >= 0.6 is 0 Å². The minimum absolute atomic E-state index is 0.0401. The highest BCUT2D eigenvalue weighted by Crippen LogP contribution is 2.54. The quantitative estimate of drug-likeness (QED) is 0.161. The van der Waals surface area contributed by atoms with E-state index in [1.807, 2.05) is 86.3 Å². The Bertz CT molecular complexity index is 2890. The van der Waals surface area contributed by atoms with E-state index in [1.165, 1.54) is 27.3 Å². The zero-order chi connectivity index (χ0) is 36.9. The summed E-state index contributed by atoms with van der Waals surface area (Å²) in [6, 6.07) is 50.4. The van der Waals surface area contributed by atoms with E-state index in [4.69, 9.17) is 19.9 Å². The molecule has 1 aliphatic heterocycles. The molecule has 6 aromatic carbocycles. The zero-order valence-corrected chi connectivity index (χ0v) is 30.4. The fourth-order valence-corrected chi connectivity index (χ4v) is 8.17. The molecule has 0 bridgehead atoms. The number of anilines is 2. The van der Waals surface area contributed by atoms with Crippen LogP contribution in [-0.4, -0.2) is 43.8 Å². The van der Waals surface area contributed by atoms with Crippen LogP contribution in [0.5, 0.6) is 0 Å². The number of para-hydroxylation sites is 1. The standard InChI is InChI=1S/C48H35N7/c1-31-37(25-27-49-2)42-38-23-12-13-24-39(38)43-40-26-28-50-30-41(40)55(45(43)44(42)54(31)35-20-10-5-11-21-35)36-22-14-19-34(29-36)48-52-46(32-15-6-3-7-16-32)51-47(53-48)33-17-8-4-9-18-33/h3-31H,1-2H3/b37-25+,49-27?. The zero-order valence-electron chi connectivity index (χ0n) is 30.4. The Hall–Kier alpha value is -7.25. The number of hydrogen-bond acceptors (Lipinski definition) is 6. The smallest absolute Gasteiger partial charge is 0.164 e. The van der Waals surface area contributed by atoms with Crippen molar-refractivity contribution in [2.45, 2.75) is 13.0 Å². The lowest BCUT2D eigenvalue weighted by atomic mass is 9.93. The molecule has 0 N–H and O–H groups in total. The third-order valence-electron chi connectivity index (χ3n) is 10.6. The molecule has 7 nitrogen and oxygen atoms in total. The Morgan fingerprint density at radius 1 is 0.600 bits per heavy atom. The van der Waals surface area contributed by atoms with Gasteiger partial charge in [0.2, 0.25) is 0 Å². The van der Waals surface area contributed by atoms with Crippen LogP contribution in [-0.2, 0) is 0 Å². The first-order chi connectivity index (χ1) is 27.2. The lowest BCUT2D eigenvalue weighted by molar-refractivity contribution is 0.917. The van der Waals surface area contributed by atoms with Gasteiger partial charge in [-0.3, -0.25) is 9.98 Å². The lowest BCUT2D eigenvalue weighted by Crippen LogP contribution is -2.23. The molecule has 0 radical (unpaired) electrons. The van der Waals surface area contributed by atoms with Crippen molar-refractivity contribution >= 4 is 55.7 Å². The molecule has 55 heavy (non-hydrogen) atoms. The van der Waals surface area contributed by atoms with Crippen LogP contribution in [0.15, 0.2) is 169 Å². The molecule has 1 aliphatic rings. The van der Waals surface area contributed by atoms with Crippen LogP contribution < -0.4 is 4.90 Å². The van der Waals surface area contributed by atoms with E-state index < -0.39 is 0 Å². The molecule has 7 heteroatoms. The molecule has 0 spiro atoms. The summed E-state index contributed by atoms with van der Waals surface area (Å²) in [5.41, 5.74) is 10.6. The molecule has 9 aromatic rings. The maximum Gasteiger partial charge on any atom is 0.164 e. The van der Waals surface area contributed by atoms with Gasteiger partial charge in [0.15, 0.2) is 17.5 Å². The summed E-state index contributed by atoms with van der Waals surface area (Å²) in [7, 11) is 1.82. The van der Waals surface area contributed by atoms with Crippen LogP contribution in [0, 0.1) is 0 Å². The first-order valence-electron chi connectivity index (χ1n) is 18.5. The number of allylic oxidation sites excluding steroid dienone is 1. The highest BCUT2D eigenvalue weighted by atomic mass is 15.2. The van der Waals surface area contributed by atoms with Crippen LogP contribution in [0.3, 0.4) is 0 Å². The van der Waals surface area contributed by atoms with Crippen molar-refractivity contribution in [3.63, 3.8) is 0 Å². The molecule has 3 aromatic heterocycles. The van der Waals surface area contributed by atoms with Gasteiger partial charge in [-0.2, -0.15) is 0 Å². The molecule has 262 valence electrons. The normalized spacial score (nSPS) is 14.8. The van der Waals surface area contributed by atoms with E-state index in [1.54, 1.807) is 0 Å². The number of hydrogen-bond donors (Lipinski definition) is 0. The second-order valence-corrected chi connectivity index (χ2v) is 13.7. The van der Waals surface area contributed by atoms with Gasteiger partial charge in [-0.1, -0.05) is 115 Å². The highest BCUT2D eigenvalue weighted by molar-refractivity contribution is 6.29. The Kier molecular flexibility index (Phi) is 7.84. The summed E-state index contributed by atoms with van der Waals surface area (Å²) in [6.45, 7) is 2.29. The molecule has 1 atom stereocenters. The molecule has 1 unspecified atom stereocenters. The van der Waals surface area contributed by atoms with Gasteiger partial charge in [0.1, 0.15) is 0 Å². The van der Waals surface area contributed by atoms with E-state index in [2.05, 4.69) is 112 Å². The summed E-state index contributed by atoms with van der Waals surface area (Å²) >= 11 is 0. The average Bonchev–Trinajstić information content (AvgIpc) is 3.76. The Balaban J connectivity index is 1.29. The number of benzene rings is 6. The molecule has 0 fully saturated rings. The van der Waals surface area contributed by atoms with Crippen molar-refractivity contribution in [1.29, 1.82) is 0 Å². The summed E-state index contributed by atoms with van der Waals surface area (Å²) < 4.78 is 2.38. The topological polar surface area (TPSA) is 72.1 Å². The van der Waals surface area contributed by atoms with E-state index in [0.29, 0.717) is 17.5 Å². The van der Waals surface area contributed by atoms with Gasteiger partial charge in [0, 0.05) is 63.9 Å². The summed E-state index contributed by atoms with van der Waals surface area (Å²) in [4.78, 5) is 26.6. The van der Waals surface area contributed by atoms with Crippen LogP contribution in [0.2, 0.25) is 0 Å². The van der Waals surface area contributed by atoms with Crippen LogP contribution in [0.4, 0.5) is 11.4 Å². The first kappa shape index (κ1) is 32.4. The number of aliphatic imine (C=N–C) groups is 1. The minimum atomic E-state index is 0.0401.